The van der Waals surface area contributed by atoms with E-state index in [1.54, 1.807) is 12.1 Å². The SMILES string of the molecule is Cc1cc(Cl)c2c(=O)cc(Nc3ccccc3)n(-c3ccccc3)c2n1. The molecular weight excluding hydrogens is 346 g/mol. The zero-order chi connectivity index (χ0) is 18.1. The highest BCUT2D eigenvalue weighted by atomic mass is 35.5. The molecule has 1 N–H and O–H groups in total. The summed E-state index contributed by atoms with van der Waals surface area (Å²) in [5, 5.41) is 4.15. The quantitative estimate of drug-likeness (QED) is 0.552. The fourth-order valence-corrected chi connectivity index (χ4v) is 3.32. The van der Waals surface area contributed by atoms with Gasteiger partial charge < -0.3 is 5.32 Å². The van der Waals surface area contributed by atoms with Crippen LogP contribution in [0.2, 0.25) is 5.02 Å². The molecule has 128 valence electrons. The minimum Gasteiger partial charge on any atom is -0.341 e. The molecule has 26 heavy (non-hydrogen) atoms. The van der Waals surface area contributed by atoms with E-state index >= 15 is 0 Å². The van der Waals surface area contributed by atoms with E-state index in [2.05, 4.69) is 10.3 Å². The van der Waals surface area contributed by atoms with Gasteiger partial charge in [-0.25, -0.2) is 4.98 Å². The molecule has 0 radical (unpaired) electrons. The number of anilines is 2. The second-order valence-corrected chi connectivity index (χ2v) is 6.41. The van der Waals surface area contributed by atoms with Gasteiger partial charge in [-0.15, -0.1) is 0 Å². The Morgan fingerprint density at radius 3 is 2.31 bits per heavy atom. The highest BCUT2D eigenvalue weighted by Crippen LogP contribution is 2.27. The van der Waals surface area contributed by atoms with Crippen molar-refractivity contribution >= 4 is 34.1 Å². The number of nitrogens with one attached hydrogen (secondary N) is 1. The summed E-state index contributed by atoms with van der Waals surface area (Å²) in [6.07, 6.45) is 0. The summed E-state index contributed by atoms with van der Waals surface area (Å²) in [6.45, 7) is 1.86. The lowest BCUT2D eigenvalue weighted by Crippen LogP contribution is -2.14. The molecule has 0 atom stereocenters. The smallest absolute Gasteiger partial charge is 0.194 e. The van der Waals surface area contributed by atoms with Crippen LogP contribution in [0.15, 0.2) is 77.6 Å². The van der Waals surface area contributed by atoms with E-state index in [1.165, 1.54) is 0 Å². The molecule has 0 unspecified atom stereocenters. The summed E-state index contributed by atoms with van der Waals surface area (Å²) in [4.78, 5) is 17.3. The van der Waals surface area contributed by atoms with Crippen LogP contribution in [0.3, 0.4) is 0 Å². The molecule has 2 aromatic heterocycles. The Morgan fingerprint density at radius 1 is 0.962 bits per heavy atom. The van der Waals surface area contributed by atoms with Crippen LogP contribution < -0.4 is 10.7 Å². The molecule has 0 spiro atoms. The van der Waals surface area contributed by atoms with Gasteiger partial charge in [-0.3, -0.25) is 9.36 Å². The van der Waals surface area contributed by atoms with Gasteiger partial charge in [-0.2, -0.15) is 0 Å². The molecule has 5 heteroatoms. The van der Waals surface area contributed by atoms with E-state index in [9.17, 15) is 4.79 Å². The number of nitrogens with zero attached hydrogens (tertiary/aromatic N) is 2. The monoisotopic (exact) mass is 361 g/mol. The number of aryl methyl sites for hydroxylation is 1. The first-order valence-electron chi connectivity index (χ1n) is 8.24. The minimum absolute atomic E-state index is 0.164. The van der Waals surface area contributed by atoms with Crippen LogP contribution in [0.25, 0.3) is 16.7 Å². The fraction of sp³-hybridized carbons (Fsp3) is 0.0476. The summed E-state index contributed by atoms with van der Waals surface area (Å²) in [7, 11) is 0. The van der Waals surface area contributed by atoms with Crippen LogP contribution in [0.1, 0.15) is 5.69 Å². The molecular formula is C21H16ClN3O. The van der Waals surface area contributed by atoms with Gasteiger partial charge in [0.15, 0.2) is 11.1 Å². The number of pyridine rings is 2. The maximum Gasteiger partial charge on any atom is 0.194 e. The summed E-state index contributed by atoms with van der Waals surface area (Å²) >= 11 is 6.37. The first kappa shape index (κ1) is 16.4. The molecule has 0 aliphatic rings. The van der Waals surface area contributed by atoms with E-state index in [4.69, 9.17) is 11.6 Å². The minimum atomic E-state index is -0.164. The first-order valence-corrected chi connectivity index (χ1v) is 8.62. The number of benzene rings is 2. The van der Waals surface area contributed by atoms with Crippen molar-refractivity contribution in [1.29, 1.82) is 0 Å². The van der Waals surface area contributed by atoms with Crippen LogP contribution >= 0.6 is 11.6 Å². The third-order valence-corrected chi connectivity index (χ3v) is 4.41. The number of aromatic nitrogens is 2. The van der Waals surface area contributed by atoms with Crippen molar-refractivity contribution in [1.82, 2.24) is 9.55 Å². The molecule has 2 heterocycles. The molecule has 4 rings (SSSR count). The Balaban J connectivity index is 2.06. The number of rotatable bonds is 3. The number of halogens is 1. The number of hydrogen-bond acceptors (Lipinski definition) is 3. The van der Waals surface area contributed by atoms with Gasteiger partial charge in [0.2, 0.25) is 0 Å². The van der Waals surface area contributed by atoms with Gasteiger partial charge in [-0.05, 0) is 37.3 Å². The fourth-order valence-electron chi connectivity index (χ4n) is 2.98. The summed E-state index contributed by atoms with van der Waals surface area (Å²) in [5.74, 6) is 0.633. The summed E-state index contributed by atoms with van der Waals surface area (Å²) < 4.78 is 1.92. The van der Waals surface area contributed by atoms with Crippen molar-refractivity contribution < 1.29 is 0 Å². The molecule has 2 aromatic carbocycles. The van der Waals surface area contributed by atoms with E-state index < -0.39 is 0 Å². The first-order chi connectivity index (χ1) is 12.6. The van der Waals surface area contributed by atoms with Crippen LogP contribution in [0.5, 0.6) is 0 Å². The van der Waals surface area contributed by atoms with Crippen molar-refractivity contribution in [3.8, 4) is 5.69 Å². The maximum atomic E-state index is 12.7. The average molecular weight is 362 g/mol. The topological polar surface area (TPSA) is 46.9 Å². The second-order valence-electron chi connectivity index (χ2n) is 6.00. The summed E-state index contributed by atoms with van der Waals surface area (Å²) in [5.41, 5.74) is 2.90. The van der Waals surface area contributed by atoms with E-state index in [-0.39, 0.29) is 5.43 Å². The standard InChI is InChI=1S/C21H16ClN3O/c1-14-12-17(22)20-18(26)13-19(24-15-8-4-2-5-9-15)25(21(20)23-14)16-10-6-3-7-11-16/h2-13,24H,1H3. The number of para-hydroxylation sites is 2. The zero-order valence-corrected chi connectivity index (χ0v) is 14.9. The van der Waals surface area contributed by atoms with E-state index in [0.29, 0.717) is 21.9 Å². The summed E-state index contributed by atoms with van der Waals surface area (Å²) in [6, 6.07) is 22.8. The predicted molar refractivity (Wildman–Crippen MR) is 107 cm³/mol. The van der Waals surface area contributed by atoms with Crippen LogP contribution in [0, 0.1) is 6.92 Å². The van der Waals surface area contributed by atoms with Crippen LogP contribution in [-0.4, -0.2) is 9.55 Å². The van der Waals surface area contributed by atoms with Gasteiger partial charge >= 0.3 is 0 Å². The highest BCUT2D eigenvalue weighted by molar-refractivity contribution is 6.35. The maximum absolute atomic E-state index is 12.7. The largest absolute Gasteiger partial charge is 0.341 e. The van der Waals surface area contributed by atoms with E-state index in [1.807, 2.05) is 72.2 Å². The Kier molecular flexibility index (Phi) is 4.19. The van der Waals surface area contributed by atoms with Crippen LogP contribution in [0.4, 0.5) is 11.5 Å². The molecule has 0 bridgehead atoms. The lowest BCUT2D eigenvalue weighted by molar-refractivity contribution is 1.05. The lowest BCUT2D eigenvalue weighted by Gasteiger charge is -2.18. The Morgan fingerprint density at radius 2 is 1.62 bits per heavy atom. The predicted octanol–water partition coefficient (Wildman–Crippen LogP) is 5.09. The van der Waals surface area contributed by atoms with Gasteiger partial charge in [0.25, 0.3) is 0 Å². The van der Waals surface area contributed by atoms with Crippen molar-refractivity contribution in [3.05, 3.63) is 93.7 Å². The zero-order valence-electron chi connectivity index (χ0n) is 14.1. The highest BCUT2D eigenvalue weighted by Gasteiger charge is 2.15. The molecule has 4 aromatic rings. The molecule has 0 aliphatic carbocycles. The Hall–Kier alpha value is -3.11. The van der Waals surface area contributed by atoms with Crippen molar-refractivity contribution in [2.45, 2.75) is 6.92 Å². The number of fused-ring (bicyclic) bond motifs is 1. The Labute approximate surface area is 155 Å². The number of hydrogen-bond donors (Lipinski definition) is 1. The molecule has 0 saturated heterocycles. The molecule has 0 fully saturated rings. The molecule has 4 nitrogen and oxygen atoms in total. The molecule has 0 saturated carbocycles. The normalized spacial score (nSPS) is 10.8. The van der Waals surface area contributed by atoms with Crippen LogP contribution in [-0.2, 0) is 0 Å². The Bertz CT molecular complexity index is 1140. The molecule has 0 amide bonds. The third-order valence-electron chi connectivity index (χ3n) is 4.11. The van der Waals surface area contributed by atoms with E-state index in [0.717, 1.165) is 17.1 Å². The molecule has 0 aliphatic heterocycles. The lowest BCUT2D eigenvalue weighted by atomic mass is 10.2. The second kappa shape index (κ2) is 6.65. The van der Waals surface area contributed by atoms with Crippen molar-refractivity contribution in [3.63, 3.8) is 0 Å². The third kappa shape index (κ3) is 2.95. The average Bonchev–Trinajstić information content (AvgIpc) is 2.62. The van der Waals surface area contributed by atoms with Crippen molar-refractivity contribution in [2.24, 2.45) is 0 Å². The van der Waals surface area contributed by atoms with Gasteiger partial charge in [0.1, 0.15) is 5.82 Å². The van der Waals surface area contributed by atoms with Gasteiger partial charge in [0.05, 0.1) is 10.4 Å². The van der Waals surface area contributed by atoms with Gasteiger partial charge in [0, 0.05) is 23.1 Å². The van der Waals surface area contributed by atoms with Crippen molar-refractivity contribution in [2.75, 3.05) is 5.32 Å². The van der Waals surface area contributed by atoms with Gasteiger partial charge in [-0.1, -0.05) is 48.0 Å².